The van der Waals surface area contributed by atoms with Gasteiger partial charge >= 0.3 is 0 Å². The molecule has 110 valence electrons. The van der Waals surface area contributed by atoms with E-state index in [-0.39, 0.29) is 5.91 Å². The third-order valence-corrected chi connectivity index (χ3v) is 3.98. The second-order valence-corrected chi connectivity index (χ2v) is 5.92. The Bertz CT molecular complexity index is 481. The van der Waals surface area contributed by atoms with Gasteiger partial charge in [0.05, 0.1) is 17.3 Å². The van der Waals surface area contributed by atoms with Gasteiger partial charge in [-0.3, -0.25) is 9.69 Å². The molecule has 1 fully saturated rings. The van der Waals surface area contributed by atoms with Gasteiger partial charge in [-0.15, -0.1) is 0 Å². The van der Waals surface area contributed by atoms with Crippen molar-refractivity contribution in [2.24, 2.45) is 0 Å². The summed E-state index contributed by atoms with van der Waals surface area (Å²) in [5, 5.41) is 6.86. The first-order valence-corrected chi connectivity index (χ1v) is 7.36. The molecule has 1 amide bonds. The summed E-state index contributed by atoms with van der Waals surface area (Å²) in [4.78, 5) is 14.4. The van der Waals surface area contributed by atoms with Crippen LogP contribution in [0.3, 0.4) is 0 Å². The Morgan fingerprint density at radius 1 is 1.50 bits per heavy atom. The zero-order valence-electron chi connectivity index (χ0n) is 12.3. The highest BCUT2D eigenvalue weighted by atomic mass is 35.5. The molecule has 0 unspecified atom stereocenters. The van der Waals surface area contributed by atoms with Crippen LogP contribution in [0.4, 0.5) is 5.69 Å². The summed E-state index contributed by atoms with van der Waals surface area (Å²) in [6.45, 7) is 9.25. The SMILES string of the molecule is Cc1cc(C)c(NC(=O)CN2CCNC[C@@H]2C)c(Cl)c1. The molecule has 0 aliphatic carbocycles. The van der Waals surface area contributed by atoms with E-state index < -0.39 is 0 Å². The monoisotopic (exact) mass is 295 g/mol. The molecule has 1 atom stereocenters. The lowest BCUT2D eigenvalue weighted by atomic mass is 10.1. The van der Waals surface area contributed by atoms with E-state index in [1.807, 2.05) is 26.0 Å². The zero-order chi connectivity index (χ0) is 14.7. The van der Waals surface area contributed by atoms with Gasteiger partial charge < -0.3 is 10.6 Å². The van der Waals surface area contributed by atoms with Crippen LogP contribution in [0.25, 0.3) is 0 Å². The maximum Gasteiger partial charge on any atom is 0.238 e. The van der Waals surface area contributed by atoms with E-state index in [4.69, 9.17) is 11.6 Å². The first-order chi connectivity index (χ1) is 9.47. The van der Waals surface area contributed by atoms with E-state index in [1.54, 1.807) is 0 Å². The number of benzene rings is 1. The van der Waals surface area contributed by atoms with Crippen LogP contribution in [0.15, 0.2) is 12.1 Å². The number of hydrogen-bond acceptors (Lipinski definition) is 3. The van der Waals surface area contributed by atoms with E-state index in [0.29, 0.717) is 17.6 Å². The number of hydrogen-bond donors (Lipinski definition) is 2. The Labute approximate surface area is 125 Å². The van der Waals surface area contributed by atoms with Crippen molar-refractivity contribution in [3.63, 3.8) is 0 Å². The fraction of sp³-hybridized carbons (Fsp3) is 0.533. The Morgan fingerprint density at radius 3 is 2.90 bits per heavy atom. The molecule has 2 rings (SSSR count). The Kier molecular flexibility index (Phi) is 5.02. The summed E-state index contributed by atoms with van der Waals surface area (Å²) in [6, 6.07) is 4.27. The molecule has 1 aliphatic rings. The molecule has 1 aromatic rings. The Balaban J connectivity index is 2.01. The van der Waals surface area contributed by atoms with Crippen molar-refractivity contribution in [3.05, 3.63) is 28.3 Å². The predicted molar refractivity (Wildman–Crippen MR) is 83.5 cm³/mol. The second kappa shape index (κ2) is 6.57. The molecule has 5 heteroatoms. The van der Waals surface area contributed by atoms with E-state index in [2.05, 4.69) is 22.5 Å². The van der Waals surface area contributed by atoms with Crippen molar-refractivity contribution in [1.29, 1.82) is 0 Å². The topological polar surface area (TPSA) is 44.4 Å². The maximum absolute atomic E-state index is 12.2. The van der Waals surface area contributed by atoms with Crippen LogP contribution in [0.1, 0.15) is 18.1 Å². The van der Waals surface area contributed by atoms with E-state index in [1.165, 1.54) is 0 Å². The molecule has 0 radical (unpaired) electrons. The zero-order valence-corrected chi connectivity index (χ0v) is 13.0. The molecule has 0 bridgehead atoms. The molecule has 4 nitrogen and oxygen atoms in total. The van der Waals surface area contributed by atoms with Gasteiger partial charge in [0.1, 0.15) is 0 Å². The van der Waals surface area contributed by atoms with Crippen LogP contribution >= 0.6 is 11.6 Å². The molecule has 0 aromatic heterocycles. The smallest absolute Gasteiger partial charge is 0.238 e. The summed E-state index contributed by atoms with van der Waals surface area (Å²) in [7, 11) is 0. The molecule has 1 heterocycles. The lowest BCUT2D eigenvalue weighted by molar-refractivity contribution is -0.118. The Morgan fingerprint density at radius 2 is 2.25 bits per heavy atom. The summed E-state index contributed by atoms with van der Waals surface area (Å²) >= 11 is 6.21. The van der Waals surface area contributed by atoms with E-state index in [9.17, 15) is 4.79 Å². The van der Waals surface area contributed by atoms with Gasteiger partial charge in [0, 0.05) is 25.7 Å². The van der Waals surface area contributed by atoms with Gasteiger partial charge in [-0.1, -0.05) is 17.7 Å². The molecule has 0 saturated carbocycles. The third-order valence-electron chi connectivity index (χ3n) is 3.68. The minimum atomic E-state index is -0.00685. The van der Waals surface area contributed by atoms with Gasteiger partial charge in [-0.05, 0) is 38.0 Å². The van der Waals surface area contributed by atoms with Gasteiger partial charge in [0.25, 0.3) is 0 Å². The number of nitrogens with zero attached hydrogens (tertiary/aromatic N) is 1. The van der Waals surface area contributed by atoms with Crippen LogP contribution in [-0.2, 0) is 4.79 Å². The number of nitrogens with one attached hydrogen (secondary N) is 2. The number of aryl methyl sites for hydroxylation is 2. The van der Waals surface area contributed by atoms with E-state index in [0.717, 1.165) is 36.4 Å². The Hall–Kier alpha value is -1.10. The molecule has 1 aromatic carbocycles. The fourth-order valence-electron chi connectivity index (χ4n) is 2.56. The van der Waals surface area contributed by atoms with Crippen molar-refractivity contribution >= 4 is 23.2 Å². The highest BCUT2D eigenvalue weighted by Gasteiger charge is 2.20. The minimum absolute atomic E-state index is 0.00685. The van der Waals surface area contributed by atoms with Gasteiger partial charge in [0.15, 0.2) is 0 Å². The second-order valence-electron chi connectivity index (χ2n) is 5.51. The fourth-order valence-corrected chi connectivity index (χ4v) is 2.92. The number of halogens is 1. The lowest BCUT2D eigenvalue weighted by Gasteiger charge is -2.33. The van der Waals surface area contributed by atoms with Crippen LogP contribution < -0.4 is 10.6 Å². The average Bonchev–Trinajstić information content (AvgIpc) is 2.36. The maximum atomic E-state index is 12.2. The predicted octanol–water partition coefficient (Wildman–Crippen LogP) is 2.19. The van der Waals surface area contributed by atoms with Gasteiger partial charge in [-0.25, -0.2) is 0 Å². The first kappa shape index (κ1) is 15.3. The highest BCUT2D eigenvalue weighted by Crippen LogP contribution is 2.27. The standard InChI is InChI=1S/C15H22ClN3O/c1-10-6-11(2)15(13(16)7-10)18-14(20)9-19-5-4-17-8-12(19)3/h6-7,12,17H,4-5,8-9H2,1-3H3,(H,18,20)/t12-/m0/s1. The molecule has 20 heavy (non-hydrogen) atoms. The highest BCUT2D eigenvalue weighted by molar-refractivity contribution is 6.34. The number of carbonyl (C=O) groups is 1. The first-order valence-electron chi connectivity index (χ1n) is 6.98. The van der Waals surface area contributed by atoms with Crippen molar-refractivity contribution in [1.82, 2.24) is 10.2 Å². The molecular weight excluding hydrogens is 274 g/mol. The largest absolute Gasteiger partial charge is 0.323 e. The van der Waals surface area contributed by atoms with Gasteiger partial charge in [0.2, 0.25) is 5.91 Å². The van der Waals surface area contributed by atoms with Crippen LogP contribution in [0.5, 0.6) is 0 Å². The number of anilines is 1. The van der Waals surface area contributed by atoms with Crippen molar-refractivity contribution < 1.29 is 4.79 Å². The summed E-state index contributed by atoms with van der Waals surface area (Å²) < 4.78 is 0. The van der Waals surface area contributed by atoms with Crippen molar-refractivity contribution in [3.8, 4) is 0 Å². The number of piperazine rings is 1. The summed E-state index contributed by atoms with van der Waals surface area (Å²) in [6.07, 6.45) is 0. The number of rotatable bonds is 3. The number of amides is 1. The van der Waals surface area contributed by atoms with Crippen LogP contribution in [0.2, 0.25) is 5.02 Å². The average molecular weight is 296 g/mol. The molecule has 1 saturated heterocycles. The molecule has 2 N–H and O–H groups in total. The summed E-state index contributed by atoms with van der Waals surface area (Å²) in [5.41, 5.74) is 2.82. The van der Waals surface area contributed by atoms with Crippen LogP contribution in [-0.4, -0.2) is 43.0 Å². The van der Waals surface area contributed by atoms with E-state index >= 15 is 0 Å². The molecular formula is C15H22ClN3O. The van der Waals surface area contributed by atoms with Crippen molar-refractivity contribution in [2.75, 3.05) is 31.5 Å². The number of carbonyl (C=O) groups excluding carboxylic acids is 1. The molecule has 0 spiro atoms. The van der Waals surface area contributed by atoms with Crippen molar-refractivity contribution in [2.45, 2.75) is 26.8 Å². The third kappa shape index (κ3) is 3.72. The van der Waals surface area contributed by atoms with Crippen LogP contribution in [0, 0.1) is 13.8 Å². The normalized spacial score (nSPS) is 19.9. The summed E-state index contributed by atoms with van der Waals surface area (Å²) in [5.74, 6) is -0.00685. The van der Waals surface area contributed by atoms with Gasteiger partial charge in [-0.2, -0.15) is 0 Å². The quantitative estimate of drug-likeness (QED) is 0.898. The molecule has 1 aliphatic heterocycles. The minimum Gasteiger partial charge on any atom is -0.323 e. The lowest BCUT2D eigenvalue weighted by Crippen LogP contribution is -2.52.